The molecule has 2 aromatic rings. The maximum absolute atomic E-state index is 11.9. The number of carbonyl (C=O) groups is 1. The Morgan fingerprint density at radius 1 is 1.50 bits per heavy atom. The lowest BCUT2D eigenvalue weighted by Gasteiger charge is -2.05. The molecule has 2 rings (SSSR count). The molecule has 0 aliphatic rings. The van der Waals surface area contributed by atoms with Crippen LogP contribution in [-0.4, -0.2) is 24.5 Å². The molecular weight excluding hydrogens is 274 g/mol. The van der Waals surface area contributed by atoms with Crippen molar-refractivity contribution in [1.29, 1.82) is 0 Å². The van der Waals surface area contributed by atoms with Gasteiger partial charge in [0.15, 0.2) is 0 Å². The van der Waals surface area contributed by atoms with Crippen molar-refractivity contribution < 1.29 is 9.53 Å². The molecule has 106 valence electrons. The summed E-state index contributed by atoms with van der Waals surface area (Å²) in [6, 6.07) is 7.79. The largest absolute Gasteiger partial charge is 0.497 e. The summed E-state index contributed by atoms with van der Waals surface area (Å²) in [5.74, 6) is 0.657. The zero-order chi connectivity index (χ0) is 14.4. The van der Waals surface area contributed by atoms with E-state index >= 15 is 0 Å². The van der Waals surface area contributed by atoms with Crippen LogP contribution in [0.25, 0.3) is 0 Å². The molecule has 0 bridgehead atoms. The Morgan fingerprint density at radius 3 is 3.05 bits per heavy atom. The van der Waals surface area contributed by atoms with Crippen molar-refractivity contribution in [3.05, 3.63) is 45.9 Å². The molecule has 1 aromatic carbocycles. The number of rotatable bonds is 6. The molecular formula is C14H17N3O2S. The van der Waals surface area contributed by atoms with Crippen LogP contribution < -0.4 is 15.8 Å². The monoisotopic (exact) mass is 291 g/mol. The Kier molecular flexibility index (Phi) is 5.09. The summed E-state index contributed by atoms with van der Waals surface area (Å²) >= 11 is 1.40. The van der Waals surface area contributed by atoms with E-state index in [4.69, 9.17) is 10.5 Å². The van der Waals surface area contributed by atoms with E-state index in [0.717, 1.165) is 22.7 Å². The van der Waals surface area contributed by atoms with Gasteiger partial charge in [-0.15, -0.1) is 11.3 Å². The molecule has 0 saturated heterocycles. The molecule has 0 saturated carbocycles. The van der Waals surface area contributed by atoms with E-state index in [0.29, 0.717) is 18.8 Å². The second-order valence-electron chi connectivity index (χ2n) is 4.19. The van der Waals surface area contributed by atoms with Gasteiger partial charge in [-0.3, -0.25) is 4.79 Å². The van der Waals surface area contributed by atoms with Crippen molar-refractivity contribution in [2.75, 3.05) is 13.7 Å². The third-order valence-corrected chi connectivity index (χ3v) is 3.66. The Bertz CT molecular complexity index is 583. The van der Waals surface area contributed by atoms with Gasteiger partial charge in [0.2, 0.25) is 0 Å². The van der Waals surface area contributed by atoms with Crippen LogP contribution in [0.4, 0.5) is 0 Å². The molecule has 1 aromatic heterocycles. The van der Waals surface area contributed by atoms with Gasteiger partial charge in [0, 0.05) is 18.5 Å². The van der Waals surface area contributed by atoms with Crippen LogP contribution in [0.3, 0.4) is 0 Å². The number of hydrogen-bond acceptors (Lipinski definition) is 5. The molecule has 1 amide bonds. The second kappa shape index (κ2) is 7.02. The molecule has 0 fully saturated rings. The quantitative estimate of drug-likeness (QED) is 0.847. The highest BCUT2D eigenvalue weighted by Crippen LogP contribution is 2.13. The SMILES string of the molecule is COc1cccc(CCNC(=O)c2csc(CN)n2)c1. The van der Waals surface area contributed by atoms with Crippen LogP contribution in [0.15, 0.2) is 29.6 Å². The lowest BCUT2D eigenvalue weighted by Crippen LogP contribution is -2.26. The zero-order valence-corrected chi connectivity index (χ0v) is 12.1. The van der Waals surface area contributed by atoms with Gasteiger partial charge in [0.25, 0.3) is 5.91 Å². The molecule has 0 spiro atoms. The van der Waals surface area contributed by atoms with Crippen molar-refractivity contribution in [3.8, 4) is 5.75 Å². The van der Waals surface area contributed by atoms with E-state index in [2.05, 4.69) is 10.3 Å². The minimum atomic E-state index is -0.163. The summed E-state index contributed by atoms with van der Waals surface area (Å²) in [6.07, 6.45) is 0.747. The van der Waals surface area contributed by atoms with Crippen LogP contribution in [-0.2, 0) is 13.0 Å². The lowest BCUT2D eigenvalue weighted by atomic mass is 10.1. The van der Waals surface area contributed by atoms with Gasteiger partial charge < -0.3 is 15.8 Å². The Morgan fingerprint density at radius 2 is 2.35 bits per heavy atom. The van der Waals surface area contributed by atoms with Crippen molar-refractivity contribution in [1.82, 2.24) is 10.3 Å². The molecule has 0 aliphatic carbocycles. The van der Waals surface area contributed by atoms with Gasteiger partial charge in [0.05, 0.1) is 7.11 Å². The van der Waals surface area contributed by atoms with Crippen LogP contribution in [0.2, 0.25) is 0 Å². The highest BCUT2D eigenvalue weighted by molar-refractivity contribution is 7.09. The summed E-state index contributed by atoms with van der Waals surface area (Å²) in [5.41, 5.74) is 7.02. The standard InChI is InChI=1S/C14H17N3O2S/c1-19-11-4-2-3-10(7-11)5-6-16-14(18)12-9-20-13(8-15)17-12/h2-4,7,9H,5-6,8,15H2,1H3,(H,16,18). The summed E-state index contributed by atoms with van der Waals surface area (Å²) < 4.78 is 5.16. The van der Waals surface area contributed by atoms with Gasteiger partial charge in [0.1, 0.15) is 16.5 Å². The van der Waals surface area contributed by atoms with Gasteiger partial charge in [-0.25, -0.2) is 4.98 Å². The molecule has 0 unspecified atom stereocenters. The number of nitrogens with zero attached hydrogens (tertiary/aromatic N) is 1. The smallest absolute Gasteiger partial charge is 0.270 e. The number of ether oxygens (including phenoxy) is 1. The van der Waals surface area contributed by atoms with E-state index in [1.807, 2.05) is 24.3 Å². The minimum absolute atomic E-state index is 0.163. The predicted molar refractivity (Wildman–Crippen MR) is 79.0 cm³/mol. The minimum Gasteiger partial charge on any atom is -0.497 e. The van der Waals surface area contributed by atoms with E-state index in [1.54, 1.807) is 12.5 Å². The first-order chi connectivity index (χ1) is 9.72. The Hall–Kier alpha value is -1.92. The normalized spacial score (nSPS) is 10.3. The van der Waals surface area contributed by atoms with Crippen molar-refractivity contribution >= 4 is 17.2 Å². The number of thiazole rings is 1. The number of benzene rings is 1. The van der Waals surface area contributed by atoms with Crippen LogP contribution in [0.1, 0.15) is 21.1 Å². The number of hydrogen-bond donors (Lipinski definition) is 2. The average Bonchev–Trinajstić information content (AvgIpc) is 2.96. The summed E-state index contributed by atoms with van der Waals surface area (Å²) in [7, 11) is 1.64. The number of nitrogens with one attached hydrogen (secondary N) is 1. The third-order valence-electron chi connectivity index (χ3n) is 2.79. The van der Waals surface area contributed by atoms with Crippen LogP contribution in [0.5, 0.6) is 5.75 Å². The topological polar surface area (TPSA) is 77.2 Å². The predicted octanol–water partition coefficient (Wildman–Crippen LogP) is 1.58. The van der Waals surface area contributed by atoms with Gasteiger partial charge in [-0.2, -0.15) is 0 Å². The van der Waals surface area contributed by atoms with Crippen LogP contribution >= 0.6 is 11.3 Å². The van der Waals surface area contributed by atoms with Crippen LogP contribution in [0, 0.1) is 0 Å². The molecule has 6 heteroatoms. The number of nitrogens with two attached hydrogens (primary N) is 1. The fourth-order valence-electron chi connectivity index (χ4n) is 1.75. The van der Waals surface area contributed by atoms with Crippen molar-refractivity contribution in [2.45, 2.75) is 13.0 Å². The summed E-state index contributed by atoms with van der Waals surface area (Å²) in [4.78, 5) is 16.0. The van der Waals surface area contributed by atoms with Crippen molar-refractivity contribution in [3.63, 3.8) is 0 Å². The number of methoxy groups -OCH3 is 1. The first kappa shape index (κ1) is 14.5. The zero-order valence-electron chi connectivity index (χ0n) is 11.3. The third kappa shape index (κ3) is 3.79. The van der Waals surface area contributed by atoms with Gasteiger partial charge in [-0.1, -0.05) is 12.1 Å². The van der Waals surface area contributed by atoms with Gasteiger partial charge >= 0.3 is 0 Å². The fourth-order valence-corrected chi connectivity index (χ4v) is 2.40. The van der Waals surface area contributed by atoms with E-state index < -0.39 is 0 Å². The summed E-state index contributed by atoms with van der Waals surface area (Å²) in [5, 5.41) is 5.34. The highest BCUT2D eigenvalue weighted by Gasteiger charge is 2.09. The number of amides is 1. The molecule has 0 aliphatic heterocycles. The highest BCUT2D eigenvalue weighted by atomic mass is 32.1. The summed E-state index contributed by atoms with van der Waals surface area (Å²) in [6.45, 7) is 0.920. The lowest BCUT2D eigenvalue weighted by molar-refractivity contribution is 0.0949. The average molecular weight is 291 g/mol. The molecule has 5 nitrogen and oxygen atoms in total. The number of carbonyl (C=O) groups excluding carboxylic acids is 1. The molecule has 0 radical (unpaired) electrons. The van der Waals surface area contributed by atoms with Crippen molar-refractivity contribution in [2.24, 2.45) is 5.73 Å². The maximum Gasteiger partial charge on any atom is 0.270 e. The Labute approximate surface area is 121 Å². The molecule has 1 heterocycles. The molecule has 20 heavy (non-hydrogen) atoms. The van der Waals surface area contributed by atoms with E-state index in [9.17, 15) is 4.79 Å². The van der Waals surface area contributed by atoms with Gasteiger partial charge in [-0.05, 0) is 24.1 Å². The maximum atomic E-state index is 11.9. The first-order valence-electron chi connectivity index (χ1n) is 6.28. The Balaban J connectivity index is 1.84. The molecule has 0 atom stereocenters. The number of aromatic nitrogens is 1. The molecule has 3 N–H and O–H groups in total. The second-order valence-corrected chi connectivity index (χ2v) is 5.13. The first-order valence-corrected chi connectivity index (χ1v) is 7.16. The van der Waals surface area contributed by atoms with E-state index in [1.165, 1.54) is 11.3 Å². The van der Waals surface area contributed by atoms with E-state index in [-0.39, 0.29) is 5.91 Å². The fraction of sp³-hybridized carbons (Fsp3) is 0.286.